The molecule has 136 valence electrons. The van der Waals surface area contributed by atoms with Crippen LogP contribution in [0.5, 0.6) is 0 Å². The van der Waals surface area contributed by atoms with Crippen LogP contribution in [0.3, 0.4) is 0 Å². The summed E-state index contributed by atoms with van der Waals surface area (Å²) in [6.07, 6.45) is 1.89. The Morgan fingerprint density at radius 1 is 1.29 bits per heavy atom. The first kappa shape index (κ1) is 20.7. The standard InChI is InChI=1S/C15H24N6O.2ClH/c1-7(2)12-14(22)19-11-8(3)17-15(20-13(11)21(12)4)18-10-5-9(16)6-10;;/h7,9-10,12H,5-6,16H2,1-4H3,(H,19,22)(H,17,18,20);2*1H/t9-,10-,12-;;/m0../s1. The number of amides is 1. The van der Waals surface area contributed by atoms with Gasteiger partial charge in [0.2, 0.25) is 11.9 Å². The van der Waals surface area contributed by atoms with Gasteiger partial charge in [-0.25, -0.2) is 4.98 Å². The lowest BCUT2D eigenvalue weighted by Gasteiger charge is -2.37. The number of anilines is 3. The zero-order chi connectivity index (χ0) is 16.0. The second kappa shape index (κ2) is 7.72. The van der Waals surface area contributed by atoms with Gasteiger partial charge in [-0.05, 0) is 25.7 Å². The van der Waals surface area contributed by atoms with Crippen molar-refractivity contribution in [1.82, 2.24) is 9.97 Å². The van der Waals surface area contributed by atoms with Crippen molar-refractivity contribution in [1.29, 1.82) is 0 Å². The number of likely N-dealkylation sites (N-methyl/N-ethyl adjacent to an activating group) is 1. The van der Waals surface area contributed by atoms with Gasteiger partial charge in [-0.1, -0.05) is 13.8 Å². The highest BCUT2D eigenvalue weighted by molar-refractivity contribution is 6.03. The van der Waals surface area contributed by atoms with Crippen molar-refractivity contribution in [2.45, 2.75) is 51.7 Å². The average Bonchev–Trinajstić information content (AvgIpc) is 2.38. The van der Waals surface area contributed by atoms with Crippen molar-refractivity contribution in [3.8, 4) is 0 Å². The Morgan fingerprint density at radius 2 is 1.92 bits per heavy atom. The summed E-state index contributed by atoms with van der Waals surface area (Å²) in [7, 11) is 1.91. The fourth-order valence-electron chi connectivity index (χ4n) is 3.24. The molecule has 2 heterocycles. The van der Waals surface area contributed by atoms with Crippen LogP contribution in [0.1, 0.15) is 32.4 Å². The molecule has 2 aliphatic rings. The van der Waals surface area contributed by atoms with Crippen LogP contribution < -0.4 is 21.3 Å². The molecule has 0 saturated heterocycles. The molecule has 0 unspecified atom stereocenters. The van der Waals surface area contributed by atoms with Crippen LogP contribution in [0.25, 0.3) is 0 Å². The molecular weight excluding hydrogens is 351 g/mol. The van der Waals surface area contributed by atoms with E-state index in [1.54, 1.807) is 0 Å². The van der Waals surface area contributed by atoms with Crippen molar-refractivity contribution in [3.63, 3.8) is 0 Å². The molecule has 0 aromatic carbocycles. The molecule has 1 aromatic heterocycles. The minimum Gasteiger partial charge on any atom is -0.351 e. The third-order valence-corrected chi connectivity index (χ3v) is 4.48. The number of hydrogen-bond acceptors (Lipinski definition) is 6. The number of aromatic nitrogens is 2. The zero-order valence-electron chi connectivity index (χ0n) is 14.4. The molecule has 1 aliphatic heterocycles. The van der Waals surface area contributed by atoms with Crippen LogP contribution in [0.4, 0.5) is 17.5 Å². The normalized spacial score (nSPS) is 25.0. The zero-order valence-corrected chi connectivity index (χ0v) is 16.0. The Bertz CT molecular complexity index is 606. The van der Waals surface area contributed by atoms with E-state index in [-0.39, 0.29) is 48.7 Å². The number of fused-ring (bicyclic) bond motifs is 1. The number of aryl methyl sites for hydroxylation is 1. The van der Waals surface area contributed by atoms with E-state index in [9.17, 15) is 4.79 Å². The van der Waals surface area contributed by atoms with Gasteiger partial charge in [-0.2, -0.15) is 4.98 Å². The van der Waals surface area contributed by atoms with Crippen LogP contribution in [0, 0.1) is 12.8 Å². The molecular formula is C15H26Cl2N6O. The van der Waals surface area contributed by atoms with Crippen LogP contribution in [-0.2, 0) is 4.79 Å². The summed E-state index contributed by atoms with van der Waals surface area (Å²) in [5, 5.41) is 6.29. The van der Waals surface area contributed by atoms with Crippen molar-refractivity contribution < 1.29 is 4.79 Å². The van der Waals surface area contributed by atoms with Gasteiger partial charge < -0.3 is 21.3 Å². The number of carbonyl (C=O) groups is 1. The Labute approximate surface area is 155 Å². The highest BCUT2D eigenvalue weighted by atomic mass is 35.5. The quantitative estimate of drug-likeness (QED) is 0.745. The molecule has 9 heteroatoms. The second-order valence-corrected chi connectivity index (χ2v) is 6.69. The largest absolute Gasteiger partial charge is 0.351 e. The summed E-state index contributed by atoms with van der Waals surface area (Å²) in [6, 6.07) is 0.409. The van der Waals surface area contributed by atoms with E-state index in [4.69, 9.17) is 5.73 Å². The number of nitrogens with one attached hydrogen (secondary N) is 2. The third kappa shape index (κ3) is 3.68. The number of halogens is 2. The van der Waals surface area contributed by atoms with E-state index in [0.717, 1.165) is 24.4 Å². The van der Waals surface area contributed by atoms with Gasteiger partial charge in [0.25, 0.3) is 0 Å². The monoisotopic (exact) mass is 376 g/mol. The Morgan fingerprint density at radius 3 is 2.46 bits per heavy atom. The molecule has 24 heavy (non-hydrogen) atoms. The van der Waals surface area contributed by atoms with E-state index >= 15 is 0 Å². The van der Waals surface area contributed by atoms with Crippen molar-refractivity contribution >= 4 is 48.2 Å². The molecule has 7 nitrogen and oxygen atoms in total. The summed E-state index contributed by atoms with van der Waals surface area (Å²) < 4.78 is 0. The van der Waals surface area contributed by atoms with Crippen LogP contribution in [0.2, 0.25) is 0 Å². The maximum atomic E-state index is 12.3. The first-order chi connectivity index (χ1) is 10.4. The molecule has 1 aromatic rings. The van der Waals surface area contributed by atoms with Gasteiger partial charge in [-0.15, -0.1) is 24.8 Å². The summed E-state index contributed by atoms with van der Waals surface area (Å²) in [4.78, 5) is 23.3. The Kier molecular flexibility index (Phi) is 6.67. The number of hydrogen-bond donors (Lipinski definition) is 3. The van der Waals surface area contributed by atoms with E-state index in [0.29, 0.717) is 17.7 Å². The molecule has 3 rings (SSSR count). The lowest BCUT2D eigenvalue weighted by atomic mass is 9.88. The van der Waals surface area contributed by atoms with E-state index in [1.807, 2.05) is 32.7 Å². The smallest absolute Gasteiger partial charge is 0.247 e. The predicted molar refractivity (Wildman–Crippen MR) is 102 cm³/mol. The summed E-state index contributed by atoms with van der Waals surface area (Å²) in [6.45, 7) is 5.96. The minimum absolute atomic E-state index is 0. The number of nitrogens with two attached hydrogens (primary N) is 1. The maximum absolute atomic E-state index is 12.3. The van der Waals surface area contributed by atoms with Gasteiger partial charge in [0, 0.05) is 19.1 Å². The third-order valence-electron chi connectivity index (χ3n) is 4.48. The van der Waals surface area contributed by atoms with E-state index < -0.39 is 0 Å². The lowest BCUT2D eigenvalue weighted by Crippen LogP contribution is -2.50. The Hall–Kier alpha value is -1.31. The van der Waals surface area contributed by atoms with Crippen LogP contribution >= 0.6 is 24.8 Å². The number of nitrogens with zero attached hydrogens (tertiary/aromatic N) is 3. The van der Waals surface area contributed by atoms with Gasteiger partial charge in [0.15, 0.2) is 5.82 Å². The topological polar surface area (TPSA) is 96.2 Å². The molecule has 4 N–H and O–H groups in total. The molecule has 0 spiro atoms. The highest BCUT2D eigenvalue weighted by Gasteiger charge is 2.35. The summed E-state index contributed by atoms with van der Waals surface area (Å²) in [5.41, 5.74) is 7.30. The van der Waals surface area contributed by atoms with Crippen LogP contribution in [0.15, 0.2) is 0 Å². The average molecular weight is 377 g/mol. The molecule has 0 bridgehead atoms. The van der Waals surface area contributed by atoms with Crippen molar-refractivity contribution in [2.75, 3.05) is 22.6 Å². The molecule has 1 atom stereocenters. The van der Waals surface area contributed by atoms with Gasteiger partial charge in [0.05, 0.1) is 5.69 Å². The number of carbonyl (C=O) groups excluding carboxylic acids is 1. The number of rotatable bonds is 3. The van der Waals surface area contributed by atoms with E-state index in [1.165, 1.54) is 0 Å². The summed E-state index contributed by atoms with van der Waals surface area (Å²) in [5.74, 6) is 1.59. The van der Waals surface area contributed by atoms with E-state index in [2.05, 4.69) is 20.6 Å². The first-order valence-corrected chi connectivity index (χ1v) is 7.81. The SMILES string of the molecule is Cc1nc(N[C@H]2C[C@H](N)C2)nc2c1NC(=O)[C@H](C(C)C)N2C.Cl.Cl. The first-order valence-electron chi connectivity index (χ1n) is 7.81. The minimum atomic E-state index is -0.216. The fourth-order valence-corrected chi connectivity index (χ4v) is 3.24. The predicted octanol–water partition coefficient (Wildman–Crippen LogP) is 1.94. The maximum Gasteiger partial charge on any atom is 0.247 e. The van der Waals surface area contributed by atoms with Gasteiger partial charge in [0.1, 0.15) is 11.7 Å². The Balaban J connectivity index is 0.00000144. The van der Waals surface area contributed by atoms with Crippen molar-refractivity contribution in [2.24, 2.45) is 11.7 Å². The second-order valence-electron chi connectivity index (χ2n) is 6.69. The lowest BCUT2D eigenvalue weighted by molar-refractivity contribution is -0.118. The summed E-state index contributed by atoms with van der Waals surface area (Å²) >= 11 is 0. The van der Waals surface area contributed by atoms with Crippen LogP contribution in [-0.4, -0.2) is 41.0 Å². The molecule has 1 saturated carbocycles. The molecule has 1 aliphatic carbocycles. The molecule has 0 radical (unpaired) electrons. The molecule has 1 amide bonds. The molecule has 1 fully saturated rings. The van der Waals surface area contributed by atoms with Crippen molar-refractivity contribution in [3.05, 3.63) is 5.69 Å². The van der Waals surface area contributed by atoms with Gasteiger partial charge in [-0.3, -0.25) is 4.79 Å². The van der Waals surface area contributed by atoms with Gasteiger partial charge >= 0.3 is 0 Å². The highest BCUT2D eigenvalue weighted by Crippen LogP contribution is 2.34. The fraction of sp³-hybridized carbons (Fsp3) is 0.667.